The zero-order valence-electron chi connectivity index (χ0n) is 14.4. The van der Waals surface area contributed by atoms with E-state index in [1.807, 2.05) is 0 Å². The van der Waals surface area contributed by atoms with E-state index in [2.05, 4.69) is 10.6 Å². The minimum atomic E-state index is -1.31. The fourth-order valence-electron chi connectivity index (χ4n) is 1.21. The standard InChI is InChI=1S/C15H30N2O4/c1-9(14(5,6)20)16-11(18)13(3,4)12(19)17-10(2)15(7,8)21/h9-10,20-21H,1-8H3,(H,16,18)(H,17,19). The molecule has 0 fully saturated rings. The fraction of sp³-hybridized carbons (Fsp3) is 0.867. The molecule has 0 aromatic carbocycles. The minimum absolute atomic E-state index is 0.474. The lowest BCUT2D eigenvalue weighted by atomic mass is 9.88. The summed E-state index contributed by atoms with van der Waals surface area (Å²) >= 11 is 0. The lowest BCUT2D eigenvalue weighted by Crippen LogP contribution is -2.57. The van der Waals surface area contributed by atoms with Gasteiger partial charge in [-0.1, -0.05) is 0 Å². The monoisotopic (exact) mass is 302 g/mol. The van der Waals surface area contributed by atoms with E-state index in [4.69, 9.17) is 0 Å². The summed E-state index contributed by atoms with van der Waals surface area (Å²) < 4.78 is 0. The first-order valence-electron chi connectivity index (χ1n) is 7.16. The van der Waals surface area contributed by atoms with Gasteiger partial charge in [0.25, 0.3) is 0 Å². The number of carbonyl (C=O) groups excluding carboxylic acids is 2. The molecule has 4 N–H and O–H groups in total. The number of carbonyl (C=O) groups is 2. The van der Waals surface area contributed by atoms with Gasteiger partial charge in [0, 0.05) is 0 Å². The molecule has 0 aliphatic heterocycles. The summed E-state index contributed by atoms with van der Waals surface area (Å²) in [5.74, 6) is -0.949. The van der Waals surface area contributed by atoms with Crippen molar-refractivity contribution in [3.05, 3.63) is 0 Å². The van der Waals surface area contributed by atoms with E-state index in [9.17, 15) is 19.8 Å². The van der Waals surface area contributed by atoms with Crippen LogP contribution in [0.15, 0.2) is 0 Å². The van der Waals surface area contributed by atoms with Crippen LogP contribution in [0.4, 0.5) is 0 Å². The molecule has 21 heavy (non-hydrogen) atoms. The van der Waals surface area contributed by atoms with Gasteiger partial charge in [-0.05, 0) is 55.4 Å². The molecule has 0 aliphatic carbocycles. The molecule has 0 rings (SSSR count). The van der Waals surface area contributed by atoms with Gasteiger partial charge in [-0.15, -0.1) is 0 Å². The summed E-state index contributed by atoms with van der Waals surface area (Å²) in [5.41, 5.74) is -3.47. The van der Waals surface area contributed by atoms with Crippen molar-refractivity contribution >= 4 is 11.8 Å². The predicted molar refractivity (Wildman–Crippen MR) is 81.6 cm³/mol. The van der Waals surface area contributed by atoms with Gasteiger partial charge in [0.05, 0.1) is 23.3 Å². The van der Waals surface area contributed by atoms with Gasteiger partial charge in [0.2, 0.25) is 11.8 Å². The van der Waals surface area contributed by atoms with Crippen molar-refractivity contribution in [3.8, 4) is 0 Å². The molecule has 0 bridgehead atoms. The summed E-state index contributed by atoms with van der Waals surface area (Å²) in [5, 5.41) is 25.0. The fourth-order valence-corrected chi connectivity index (χ4v) is 1.21. The second kappa shape index (κ2) is 6.32. The topological polar surface area (TPSA) is 98.7 Å². The van der Waals surface area contributed by atoms with Crippen LogP contribution in [0.2, 0.25) is 0 Å². The van der Waals surface area contributed by atoms with Crippen molar-refractivity contribution in [3.63, 3.8) is 0 Å². The summed E-state index contributed by atoms with van der Waals surface area (Å²) in [6.07, 6.45) is 0. The third kappa shape index (κ3) is 5.63. The molecule has 6 heteroatoms. The number of amides is 2. The van der Waals surface area contributed by atoms with Crippen molar-refractivity contribution in [2.75, 3.05) is 0 Å². The molecule has 0 saturated heterocycles. The third-order valence-electron chi connectivity index (χ3n) is 3.95. The van der Waals surface area contributed by atoms with Gasteiger partial charge >= 0.3 is 0 Å². The van der Waals surface area contributed by atoms with Gasteiger partial charge < -0.3 is 20.8 Å². The maximum absolute atomic E-state index is 12.2. The molecule has 6 nitrogen and oxygen atoms in total. The average Bonchev–Trinajstić information content (AvgIpc) is 2.25. The highest BCUT2D eigenvalue weighted by atomic mass is 16.3. The Balaban J connectivity index is 4.88. The van der Waals surface area contributed by atoms with E-state index in [0.717, 1.165) is 0 Å². The molecular formula is C15H30N2O4. The molecule has 2 amide bonds. The highest BCUT2D eigenvalue weighted by molar-refractivity contribution is 6.04. The van der Waals surface area contributed by atoms with Crippen molar-refractivity contribution in [1.82, 2.24) is 10.6 Å². The number of hydrogen-bond acceptors (Lipinski definition) is 4. The highest BCUT2D eigenvalue weighted by Gasteiger charge is 2.40. The molecule has 2 atom stereocenters. The first kappa shape index (κ1) is 19.9. The molecule has 0 aromatic heterocycles. The maximum Gasteiger partial charge on any atom is 0.235 e. The molecule has 0 saturated carbocycles. The van der Waals surface area contributed by atoms with Crippen LogP contribution in [-0.2, 0) is 9.59 Å². The Bertz CT molecular complexity index is 355. The van der Waals surface area contributed by atoms with Crippen LogP contribution < -0.4 is 10.6 Å². The first-order chi connectivity index (χ1) is 9.10. The largest absolute Gasteiger partial charge is 0.388 e. The molecule has 124 valence electrons. The molecule has 0 aliphatic rings. The van der Waals surface area contributed by atoms with Crippen molar-refractivity contribution in [2.24, 2.45) is 5.41 Å². The molecule has 0 aromatic rings. The van der Waals surface area contributed by atoms with Gasteiger partial charge in [-0.2, -0.15) is 0 Å². The summed E-state index contributed by atoms with van der Waals surface area (Å²) in [6, 6.07) is -0.993. The predicted octanol–water partition coefficient (Wildman–Crippen LogP) is 0.564. The maximum atomic E-state index is 12.2. The van der Waals surface area contributed by atoms with Crippen LogP contribution in [0.25, 0.3) is 0 Å². The lowest BCUT2D eigenvalue weighted by molar-refractivity contribution is -0.144. The van der Waals surface area contributed by atoms with Crippen LogP contribution in [-0.4, -0.2) is 45.3 Å². The van der Waals surface area contributed by atoms with Crippen LogP contribution in [0.3, 0.4) is 0 Å². The summed E-state index contributed by atoms with van der Waals surface area (Å²) in [6.45, 7) is 12.7. The Morgan fingerprint density at radius 1 is 0.762 bits per heavy atom. The second-order valence-electron chi connectivity index (χ2n) is 7.32. The van der Waals surface area contributed by atoms with Gasteiger partial charge in [-0.25, -0.2) is 0 Å². The van der Waals surface area contributed by atoms with E-state index >= 15 is 0 Å². The third-order valence-corrected chi connectivity index (χ3v) is 3.95. The Morgan fingerprint density at radius 3 is 1.19 bits per heavy atom. The Labute approximate surface area is 127 Å². The SMILES string of the molecule is CC(NC(=O)C(C)(C)C(=O)NC(C)C(C)(C)O)C(C)(C)O. The van der Waals surface area contributed by atoms with Gasteiger partial charge in [0.15, 0.2) is 0 Å². The zero-order chi connectivity index (χ0) is 17.2. The second-order valence-corrected chi connectivity index (χ2v) is 7.32. The number of nitrogens with one attached hydrogen (secondary N) is 2. The van der Waals surface area contributed by atoms with E-state index in [1.165, 1.54) is 13.8 Å². The summed E-state index contributed by atoms with van der Waals surface area (Å²) in [7, 11) is 0. The quantitative estimate of drug-likeness (QED) is 0.539. The van der Waals surface area contributed by atoms with Crippen LogP contribution in [0.5, 0.6) is 0 Å². The van der Waals surface area contributed by atoms with Crippen LogP contribution in [0.1, 0.15) is 55.4 Å². The van der Waals surface area contributed by atoms with E-state index < -0.39 is 40.5 Å². The van der Waals surface area contributed by atoms with Gasteiger partial charge in [0.1, 0.15) is 5.41 Å². The van der Waals surface area contributed by atoms with Crippen molar-refractivity contribution in [2.45, 2.75) is 78.7 Å². The van der Waals surface area contributed by atoms with Crippen LogP contribution in [0, 0.1) is 5.41 Å². The van der Waals surface area contributed by atoms with E-state index in [-0.39, 0.29) is 0 Å². The molecular weight excluding hydrogens is 272 g/mol. The summed E-state index contributed by atoms with van der Waals surface area (Å²) in [4.78, 5) is 24.5. The number of rotatable bonds is 6. The number of hydrogen-bond donors (Lipinski definition) is 4. The molecule has 0 radical (unpaired) electrons. The zero-order valence-corrected chi connectivity index (χ0v) is 14.4. The van der Waals surface area contributed by atoms with E-state index in [0.29, 0.717) is 0 Å². The first-order valence-corrected chi connectivity index (χ1v) is 7.16. The Hall–Kier alpha value is -1.14. The van der Waals surface area contributed by atoms with Crippen molar-refractivity contribution < 1.29 is 19.8 Å². The smallest absolute Gasteiger partial charge is 0.235 e. The van der Waals surface area contributed by atoms with E-state index in [1.54, 1.807) is 41.5 Å². The Kier molecular flexibility index (Phi) is 5.97. The average molecular weight is 302 g/mol. The Morgan fingerprint density at radius 2 is 1.00 bits per heavy atom. The highest BCUT2D eigenvalue weighted by Crippen LogP contribution is 2.19. The number of aliphatic hydroxyl groups is 2. The molecule has 0 spiro atoms. The minimum Gasteiger partial charge on any atom is -0.388 e. The molecule has 0 heterocycles. The van der Waals surface area contributed by atoms with Gasteiger partial charge in [-0.3, -0.25) is 9.59 Å². The van der Waals surface area contributed by atoms with Crippen molar-refractivity contribution in [1.29, 1.82) is 0 Å². The normalized spacial score (nSPS) is 16.1. The molecule has 2 unspecified atom stereocenters. The lowest BCUT2D eigenvalue weighted by Gasteiger charge is -2.33. The van der Waals surface area contributed by atoms with Crippen LogP contribution >= 0.6 is 0 Å².